The van der Waals surface area contributed by atoms with Gasteiger partial charge in [-0.15, -0.1) is 5.10 Å². The molecular formula is C16H19N3O3S. The summed E-state index contributed by atoms with van der Waals surface area (Å²) in [5, 5.41) is 6.61. The predicted octanol–water partition coefficient (Wildman–Crippen LogP) is 2.27. The summed E-state index contributed by atoms with van der Waals surface area (Å²) in [6.07, 6.45) is -0.283. The Bertz CT molecular complexity index is 682. The van der Waals surface area contributed by atoms with Crippen LogP contribution < -0.4 is 5.32 Å². The third-order valence-electron chi connectivity index (χ3n) is 3.32. The first-order valence-corrected chi connectivity index (χ1v) is 8.14. The van der Waals surface area contributed by atoms with Gasteiger partial charge >= 0.3 is 5.97 Å². The molecule has 1 atom stereocenters. The Morgan fingerprint density at radius 3 is 2.65 bits per heavy atom. The van der Waals surface area contributed by atoms with Crippen molar-refractivity contribution in [1.29, 1.82) is 0 Å². The first-order chi connectivity index (χ1) is 11.0. The number of hydrogen-bond donors (Lipinski definition) is 1. The first-order valence-electron chi connectivity index (χ1n) is 7.36. The van der Waals surface area contributed by atoms with Crippen molar-refractivity contribution in [2.24, 2.45) is 0 Å². The smallest absolute Gasteiger partial charge is 0.352 e. The summed E-state index contributed by atoms with van der Waals surface area (Å²) in [6, 6.07) is 7.85. The number of nitrogens with one attached hydrogen (secondary N) is 1. The highest BCUT2D eigenvalue weighted by atomic mass is 32.1. The van der Waals surface area contributed by atoms with Gasteiger partial charge in [-0.25, -0.2) is 4.79 Å². The van der Waals surface area contributed by atoms with Crippen molar-refractivity contribution in [2.75, 3.05) is 0 Å². The molecule has 0 unspecified atom stereocenters. The van der Waals surface area contributed by atoms with E-state index in [0.29, 0.717) is 23.5 Å². The van der Waals surface area contributed by atoms with E-state index in [-0.39, 0.29) is 5.91 Å². The maximum atomic E-state index is 12.0. The summed E-state index contributed by atoms with van der Waals surface area (Å²) in [7, 11) is 0. The van der Waals surface area contributed by atoms with Crippen LogP contribution in [0.15, 0.2) is 24.3 Å². The fourth-order valence-corrected chi connectivity index (χ4v) is 2.54. The third-order valence-corrected chi connectivity index (χ3v) is 4.06. The molecule has 6 nitrogen and oxygen atoms in total. The first kappa shape index (κ1) is 17.1. The normalized spacial score (nSPS) is 11.8. The number of aromatic nitrogens is 2. The van der Waals surface area contributed by atoms with Gasteiger partial charge in [0.25, 0.3) is 5.91 Å². The summed E-state index contributed by atoms with van der Waals surface area (Å²) in [5.41, 5.74) is 2.74. The molecule has 23 heavy (non-hydrogen) atoms. The molecule has 1 aromatic carbocycles. The Kier molecular flexibility index (Phi) is 5.81. The minimum atomic E-state index is -0.875. The number of benzene rings is 1. The molecule has 0 fully saturated rings. The highest BCUT2D eigenvalue weighted by molar-refractivity contribution is 7.07. The van der Waals surface area contributed by atoms with Crippen LogP contribution in [-0.2, 0) is 22.5 Å². The molecule has 2 rings (SSSR count). The van der Waals surface area contributed by atoms with E-state index in [0.717, 1.165) is 22.7 Å². The van der Waals surface area contributed by atoms with E-state index in [1.807, 2.05) is 38.1 Å². The number of carbonyl (C=O) groups excluding carboxylic acids is 2. The molecule has 1 amide bonds. The van der Waals surface area contributed by atoms with Gasteiger partial charge in [0, 0.05) is 6.54 Å². The monoisotopic (exact) mass is 333 g/mol. The zero-order chi connectivity index (χ0) is 16.8. The van der Waals surface area contributed by atoms with E-state index in [9.17, 15) is 9.59 Å². The Morgan fingerprint density at radius 2 is 2.00 bits per heavy atom. The highest BCUT2D eigenvalue weighted by Crippen LogP contribution is 2.13. The third kappa shape index (κ3) is 4.59. The number of hydrogen-bond acceptors (Lipinski definition) is 6. The number of ether oxygens (including phenoxy) is 1. The second kappa shape index (κ2) is 7.82. The van der Waals surface area contributed by atoms with Crippen molar-refractivity contribution >= 4 is 23.4 Å². The van der Waals surface area contributed by atoms with E-state index < -0.39 is 12.1 Å². The van der Waals surface area contributed by atoms with Crippen molar-refractivity contribution in [3.8, 4) is 0 Å². The van der Waals surface area contributed by atoms with Gasteiger partial charge in [-0.3, -0.25) is 4.79 Å². The molecule has 7 heteroatoms. The van der Waals surface area contributed by atoms with Crippen LogP contribution in [-0.4, -0.2) is 27.6 Å². The van der Waals surface area contributed by atoms with Crippen molar-refractivity contribution in [1.82, 2.24) is 14.9 Å². The molecule has 0 aliphatic heterocycles. The summed E-state index contributed by atoms with van der Waals surface area (Å²) in [4.78, 5) is 24.4. The molecule has 1 heterocycles. The van der Waals surface area contributed by atoms with Gasteiger partial charge in [0.05, 0.1) is 5.69 Å². The lowest BCUT2D eigenvalue weighted by Crippen LogP contribution is -2.35. The van der Waals surface area contributed by atoms with Crippen molar-refractivity contribution in [3.05, 3.63) is 46.0 Å². The van der Waals surface area contributed by atoms with Gasteiger partial charge in [0.2, 0.25) is 0 Å². The van der Waals surface area contributed by atoms with Crippen LogP contribution in [0.4, 0.5) is 0 Å². The quantitative estimate of drug-likeness (QED) is 0.820. The van der Waals surface area contributed by atoms with Crippen molar-refractivity contribution < 1.29 is 14.3 Å². The van der Waals surface area contributed by atoms with Crippen LogP contribution in [0.3, 0.4) is 0 Å². The van der Waals surface area contributed by atoms with E-state index in [1.165, 1.54) is 0 Å². The van der Waals surface area contributed by atoms with Gasteiger partial charge in [-0.05, 0) is 37.4 Å². The largest absolute Gasteiger partial charge is 0.448 e. The second-order valence-corrected chi connectivity index (χ2v) is 5.91. The molecule has 0 aliphatic carbocycles. The second-order valence-electron chi connectivity index (χ2n) is 5.15. The van der Waals surface area contributed by atoms with Crippen LogP contribution in [0.25, 0.3) is 0 Å². The zero-order valence-corrected chi connectivity index (χ0v) is 14.1. The lowest BCUT2D eigenvalue weighted by atomic mass is 10.1. The Hall–Kier alpha value is -2.28. The summed E-state index contributed by atoms with van der Waals surface area (Å²) >= 11 is 0.980. The molecule has 0 bridgehead atoms. The molecule has 1 N–H and O–H groups in total. The number of aryl methyl sites for hydroxylation is 2. The van der Waals surface area contributed by atoms with Gasteiger partial charge in [0.1, 0.15) is 0 Å². The van der Waals surface area contributed by atoms with E-state index in [1.54, 1.807) is 6.92 Å². The van der Waals surface area contributed by atoms with E-state index in [2.05, 4.69) is 14.9 Å². The average molecular weight is 333 g/mol. The molecule has 2 aromatic rings. The van der Waals surface area contributed by atoms with Crippen LogP contribution in [0, 0.1) is 6.92 Å². The predicted molar refractivity (Wildman–Crippen MR) is 87.2 cm³/mol. The Balaban J connectivity index is 1.87. The molecular weight excluding hydrogens is 314 g/mol. The standard InChI is InChI=1S/C16H19N3O3S/c1-4-13-14(23-19-18-13)16(21)22-11(3)15(20)17-9-12-7-5-10(2)6-8-12/h5-8,11H,4,9H2,1-3H3,(H,17,20)/t11-/m0/s1. The van der Waals surface area contributed by atoms with Gasteiger partial charge in [0.15, 0.2) is 11.0 Å². The number of carbonyl (C=O) groups is 2. The van der Waals surface area contributed by atoms with E-state index in [4.69, 9.17) is 4.74 Å². The molecule has 0 radical (unpaired) electrons. The fourth-order valence-electron chi connectivity index (χ4n) is 1.90. The molecule has 0 spiro atoms. The van der Waals surface area contributed by atoms with Crippen molar-refractivity contribution in [3.63, 3.8) is 0 Å². The van der Waals surface area contributed by atoms with Crippen molar-refractivity contribution in [2.45, 2.75) is 39.8 Å². The van der Waals surface area contributed by atoms with Gasteiger partial charge < -0.3 is 10.1 Å². The van der Waals surface area contributed by atoms with Crippen LogP contribution in [0.2, 0.25) is 0 Å². The number of amides is 1. The average Bonchev–Trinajstić information content (AvgIpc) is 3.02. The Labute approximate surface area is 139 Å². The molecule has 122 valence electrons. The van der Waals surface area contributed by atoms with Gasteiger partial charge in [-0.2, -0.15) is 0 Å². The number of esters is 1. The van der Waals surface area contributed by atoms with E-state index >= 15 is 0 Å². The number of rotatable bonds is 6. The lowest BCUT2D eigenvalue weighted by molar-refractivity contribution is -0.129. The lowest BCUT2D eigenvalue weighted by Gasteiger charge is -2.13. The van der Waals surface area contributed by atoms with Crippen LogP contribution >= 0.6 is 11.5 Å². The summed E-state index contributed by atoms with van der Waals surface area (Å²) in [5.74, 6) is -0.899. The fraction of sp³-hybridized carbons (Fsp3) is 0.375. The SMILES string of the molecule is CCc1nnsc1C(=O)O[C@@H](C)C(=O)NCc1ccc(C)cc1. The zero-order valence-electron chi connectivity index (χ0n) is 13.3. The van der Waals surface area contributed by atoms with Gasteiger partial charge in [-0.1, -0.05) is 41.2 Å². The molecule has 0 saturated carbocycles. The molecule has 0 saturated heterocycles. The minimum absolute atomic E-state index is 0.338. The molecule has 1 aromatic heterocycles. The van der Waals surface area contributed by atoms with Crippen LogP contribution in [0.5, 0.6) is 0 Å². The topological polar surface area (TPSA) is 81.2 Å². The number of nitrogens with zero attached hydrogens (tertiary/aromatic N) is 2. The van der Waals surface area contributed by atoms with Crippen LogP contribution in [0.1, 0.15) is 40.3 Å². The maximum absolute atomic E-state index is 12.0. The maximum Gasteiger partial charge on any atom is 0.352 e. The highest BCUT2D eigenvalue weighted by Gasteiger charge is 2.22. The summed E-state index contributed by atoms with van der Waals surface area (Å²) < 4.78 is 8.93. The Morgan fingerprint density at radius 1 is 1.30 bits per heavy atom. The summed E-state index contributed by atoms with van der Waals surface area (Å²) in [6.45, 7) is 5.82. The molecule has 0 aliphatic rings. The minimum Gasteiger partial charge on any atom is -0.448 e.